The zero-order chi connectivity index (χ0) is 24.6. The van der Waals surface area contributed by atoms with E-state index in [-0.39, 0.29) is 23.7 Å². The molecule has 2 bridgehead atoms. The minimum absolute atomic E-state index is 0.0127. The molecule has 0 aromatic heterocycles. The smallest absolute Gasteiger partial charge is 0.407 e. The Morgan fingerprint density at radius 3 is 2.51 bits per heavy atom. The van der Waals surface area contributed by atoms with Gasteiger partial charge in [-0.15, -0.1) is 0 Å². The molecule has 5 heteroatoms. The third-order valence-corrected chi connectivity index (χ3v) is 8.40. The van der Waals surface area contributed by atoms with E-state index in [1.165, 1.54) is 29.5 Å². The van der Waals surface area contributed by atoms with Gasteiger partial charge in [-0.25, -0.2) is 4.79 Å². The van der Waals surface area contributed by atoms with Crippen molar-refractivity contribution in [1.29, 1.82) is 0 Å². The molecule has 2 aromatic carbocycles. The van der Waals surface area contributed by atoms with E-state index in [2.05, 4.69) is 67.4 Å². The van der Waals surface area contributed by atoms with Gasteiger partial charge in [-0.05, 0) is 90.9 Å². The van der Waals surface area contributed by atoms with Crippen LogP contribution in [0.1, 0.15) is 69.2 Å². The molecular weight excluding hydrogens is 436 g/mol. The molecule has 1 N–H and O–H groups in total. The number of ether oxygens (including phenoxy) is 2. The maximum atomic E-state index is 13.0. The highest BCUT2D eigenvalue weighted by Crippen LogP contribution is 2.48. The number of methoxy groups -OCH3 is 1. The van der Waals surface area contributed by atoms with Gasteiger partial charge in [0.1, 0.15) is 11.9 Å². The number of amides is 1. The van der Waals surface area contributed by atoms with E-state index < -0.39 is 0 Å². The maximum absolute atomic E-state index is 13.0. The van der Waals surface area contributed by atoms with E-state index in [4.69, 9.17) is 9.47 Å². The summed E-state index contributed by atoms with van der Waals surface area (Å²) < 4.78 is 11.8. The lowest BCUT2D eigenvalue weighted by atomic mass is 9.85. The summed E-state index contributed by atoms with van der Waals surface area (Å²) in [7, 11) is 1.73. The Morgan fingerprint density at radius 1 is 1.14 bits per heavy atom. The van der Waals surface area contributed by atoms with Gasteiger partial charge in [-0.1, -0.05) is 51.5 Å². The highest BCUT2D eigenvalue weighted by atomic mass is 16.6. The van der Waals surface area contributed by atoms with Crippen LogP contribution in [-0.4, -0.2) is 43.8 Å². The predicted octanol–water partition coefficient (Wildman–Crippen LogP) is 6.15. The number of piperidine rings is 3. The zero-order valence-corrected chi connectivity index (χ0v) is 21.7. The fourth-order valence-electron chi connectivity index (χ4n) is 6.31. The predicted molar refractivity (Wildman–Crippen MR) is 140 cm³/mol. The summed E-state index contributed by atoms with van der Waals surface area (Å²) in [4.78, 5) is 15.4. The molecule has 3 aliphatic heterocycles. The van der Waals surface area contributed by atoms with Crippen molar-refractivity contribution in [3.8, 4) is 16.9 Å². The first kappa shape index (κ1) is 24.2. The van der Waals surface area contributed by atoms with Gasteiger partial charge in [0.25, 0.3) is 0 Å². The fourth-order valence-corrected chi connectivity index (χ4v) is 6.31. The van der Waals surface area contributed by atoms with Crippen molar-refractivity contribution in [2.45, 2.75) is 71.4 Å². The van der Waals surface area contributed by atoms with Gasteiger partial charge in [0.15, 0.2) is 0 Å². The lowest BCUT2D eigenvalue weighted by Crippen LogP contribution is -2.53. The van der Waals surface area contributed by atoms with Crippen LogP contribution in [0.3, 0.4) is 0 Å². The number of aryl methyl sites for hydroxylation is 1. The quantitative estimate of drug-likeness (QED) is 0.521. The topological polar surface area (TPSA) is 50.8 Å². The summed E-state index contributed by atoms with van der Waals surface area (Å²) >= 11 is 0. The molecule has 0 radical (unpaired) electrons. The molecule has 2 atom stereocenters. The van der Waals surface area contributed by atoms with Gasteiger partial charge in [0, 0.05) is 12.1 Å². The average molecular weight is 477 g/mol. The number of hydrogen-bond donors (Lipinski definition) is 1. The van der Waals surface area contributed by atoms with Crippen LogP contribution in [0.15, 0.2) is 36.4 Å². The molecule has 2 aromatic rings. The van der Waals surface area contributed by atoms with Crippen molar-refractivity contribution >= 4 is 6.09 Å². The molecule has 1 amide bonds. The van der Waals surface area contributed by atoms with E-state index in [0.29, 0.717) is 5.92 Å². The maximum Gasteiger partial charge on any atom is 0.407 e. The molecule has 188 valence electrons. The molecule has 6 rings (SSSR count). The molecular formula is C30H40N2O3. The first-order valence-corrected chi connectivity index (χ1v) is 13.4. The van der Waals surface area contributed by atoms with E-state index in [1.807, 2.05) is 0 Å². The van der Waals surface area contributed by atoms with Crippen LogP contribution >= 0.6 is 0 Å². The monoisotopic (exact) mass is 476 g/mol. The lowest BCUT2D eigenvalue weighted by molar-refractivity contribution is -0.0349. The Bertz CT molecular complexity index is 1050. The molecule has 5 nitrogen and oxygen atoms in total. The van der Waals surface area contributed by atoms with E-state index in [0.717, 1.165) is 62.2 Å². The molecule has 3 saturated heterocycles. The van der Waals surface area contributed by atoms with Gasteiger partial charge in [0.05, 0.1) is 13.2 Å². The normalized spacial score (nSPS) is 26.3. The van der Waals surface area contributed by atoms with Gasteiger partial charge in [-0.2, -0.15) is 0 Å². The van der Waals surface area contributed by atoms with Crippen LogP contribution in [0, 0.1) is 11.3 Å². The van der Waals surface area contributed by atoms with Gasteiger partial charge < -0.3 is 14.8 Å². The summed E-state index contributed by atoms with van der Waals surface area (Å²) in [6.07, 6.45) is 6.43. The number of rotatable bonds is 7. The van der Waals surface area contributed by atoms with Crippen molar-refractivity contribution in [1.82, 2.24) is 10.2 Å². The third kappa shape index (κ3) is 4.93. The standard InChI is InChI=1S/C30H40N2O3/c1-5-6-7-20-8-10-21(11-9-20)24-16-23-18-30(2,3)28(25(23)17-26(24)34-4)31-29(33)35-27-19-32-14-12-22(27)13-15-32/h8-11,16-17,22,27-28H,5-7,12-15,18-19H2,1-4H3,(H,31,33)/t27-,28?/m0/s1. The Hall–Kier alpha value is -2.53. The fraction of sp³-hybridized carbons (Fsp3) is 0.567. The summed E-state index contributed by atoms with van der Waals surface area (Å²) in [5.74, 6) is 1.35. The van der Waals surface area contributed by atoms with E-state index in [1.54, 1.807) is 7.11 Å². The number of nitrogens with one attached hydrogen (secondary N) is 1. The molecule has 1 aliphatic carbocycles. The van der Waals surface area contributed by atoms with Gasteiger partial charge in [0.2, 0.25) is 0 Å². The summed E-state index contributed by atoms with van der Waals surface area (Å²) in [6.45, 7) is 9.82. The van der Waals surface area contributed by atoms with Crippen LogP contribution < -0.4 is 10.1 Å². The number of benzene rings is 2. The van der Waals surface area contributed by atoms with Crippen molar-refractivity contribution in [3.63, 3.8) is 0 Å². The third-order valence-electron chi connectivity index (χ3n) is 8.40. The van der Waals surface area contributed by atoms with Crippen LogP contribution in [0.4, 0.5) is 4.79 Å². The molecule has 1 unspecified atom stereocenters. The Morgan fingerprint density at radius 2 is 1.89 bits per heavy atom. The lowest BCUT2D eigenvalue weighted by Gasteiger charge is -2.44. The second-order valence-electron chi connectivity index (χ2n) is 11.4. The van der Waals surface area contributed by atoms with Crippen LogP contribution in [0.25, 0.3) is 11.1 Å². The van der Waals surface area contributed by atoms with Crippen molar-refractivity contribution in [3.05, 3.63) is 53.1 Å². The number of alkyl carbamates (subject to hydrolysis) is 1. The zero-order valence-electron chi connectivity index (χ0n) is 21.7. The number of carbonyl (C=O) groups is 1. The highest BCUT2D eigenvalue weighted by Gasteiger charge is 2.42. The number of carbonyl (C=O) groups excluding carboxylic acids is 1. The van der Waals surface area contributed by atoms with Crippen molar-refractivity contribution in [2.24, 2.45) is 11.3 Å². The Labute approximate surface area is 210 Å². The van der Waals surface area contributed by atoms with Crippen LogP contribution in [0.5, 0.6) is 5.75 Å². The van der Waals surface area contributed by atoms with Gasteiger partial charge >= 0.3 is 6.09 Å². The van der Waals surface area contributed by atoms with Gasteiger partial charge in [-0.3, -0.25) is 4.90 Å². The second-order valence-corrected chi connectivity index (χ2v) is 11.4. The molecule has 35 heavy (non-hydrogen) atoms. The highest BCUT2D eigenvalue weighted by molar-refractivity contribution is 5.74. The SMILES string of the molecule is CCCCc1ccc(-c2cc3c(cc2OC)C(NC(=O)O[C@H]2CN4CCC2CC4)C(C)(C)C3)cc1. The molecule has 3 fully saturated rings. The first-order valence-electron chi connectivity index (χ1n) is 13.4. The average Bonchev–Trinajstić information content (AvgIpc) is 3.11. The number of hydrogen-bond acceptors (Lipinski definition) is 4. The summed E-state index contributed by atoms with van der Waals surface area (Å²) in [5, 5.41) is 3.23. The molecule has 3 heterocycles. The van der Waals surface area contributed by atoms with Crippen molar-refractivity contribution in [2.75, 3.05) is 26.7 Å². The minimum Gasteiger partial charge on any atom is -0.496 e. The Balaban J connectivity index is 1.35. The number of fused-ring (bicyclic) bond motifs is 4. The minimum atomic E-state index is -0.291. The number of unbranched alkanes of at least 4 members (excludes halogenated alkanes) is 1. The molecule has 0 saturated carbocycles. The number of nitrogens with zero attached hydrogens (tertiary/aromatic N) is 1. The van der Waals surface area contributed by atoms with Crippen LogP contribution in [0.2, 0.25) is 0 Å². The first-order chi connectivity index (χ1) is 16.9. The summed E-state index contributed by atoms with van der Waals surface area (Å²) in [6, 6.07) is 13.2. The van der Waals surface area contributed by atoms with E-state index >= 15 is 0 Å². The Kier molecular flexibility index (Phi) is 6.80. The largest absolute Gasteiger partial charge is 0.496 e. The summed E-state index contributed by atoms with van der Waals surface area (Å²) in [5.41, 5.74) is 5.96. The molecule has 4 aliphatic rings. The van der Waals surface area contributed by atoms with Crippen molar-refractivity contribution < 1.29 is 14.3 Å². The molecule has 0 spiro atoms. The van der Waals surface area contributed by atoms with Crippen LogP contribution in [-0.2, 0) is 17.6 Å². The second kappa shape index (κ2) is 9.85. The van der Waals surface area contributed by atoms with E-state index in [9.17, 15) is 4.79 Å².